The summed E-state index contributed by atoms with van der Waals surface area (Å²) in [7, 11) is 0. The van der Waals surface area contributed by atoms with Gasteiger partial charge >= 0.3 is 0 Å². The van der Waals surface area contributed by atoms with Gasteiger partial charge in [-0.2, -0.15) is 0 Å². The Morgan fingerprint density at radius 1 is 1.12 bits per heavy atom. The Bertz CT molecular complexity index is 172. The van der Waals surface area contributed by atoms with Crippen LogP contribution in [-0.2, 0) is 0 Å². The lowest BCUT2D eigenvalue weighted by atomic mass is 9.96. The van der Waals surface area contributed by atoms with Gasteiger partial charge in [-0.3, -0.25) is 0 Å². The summed E-state index contributed by atoms with van der Waals surface area (Å²) in [6, 6.07) is 0. The van der Waals surface area contributed by atoms with Crippen LogP contribution in [0.25, 0.3) is 0 Å². The summed E-state index contributed by atoms with van der Waals surface area (Å²) in [5, 5.41) is 3.46. The molecule has 1 aliphatic rings. The minimum atomic E-state index is 0.906. The first-order chi connectivity index (χ1) is 8.30. The van der Waals surface area contributed by atoms with E-state index in [0.717, 1.165) is 11.8 Å². The van der Waals surface area contributed by atoms with E-state index in [1.165, 1.54) is 64.8 Å². The molecule has 0 aromatic carbocycles. The van der Waals surface area contributed by atoms with Crippen molar-refractivity contribution in [3.8, 4) is 0 Å². The van der Waals surface area contributed by atoms with E-state index in [1.807, 2.05) is 0 Å². The van der Waals surface area contributed by atoms with E-state index in [9.17, 15) is 0 Å². The Hall–Kier alpha value is -0.0800. The highest BCUT2D eigenvalue weighted by molar-refractivity contribution is 4.74. The normalized spacial score (nSPS) is 18.2. The van der Waals surface area contributed by atoms with Crippen LogP contribution in [0.1, 0.15) is 52.9 Å². The molecule has 0 aromatic rings. The molecule has 1 aliphatic heterocycles. The van der Waals surface area contributed by atoms with Crippen molar-refractivity contribution in [1.29, 1.82) is 0 Å². The number of nitrogens with zero attached hydrogens (tertiary/aromatic N) is 1. The zero-order valence-electron chi connectivity index (χ0n) is 12.2. The highest BCUT2D eigenvalue weighted by Crippen LogP contribution is 2.16. The molecule has 102 valence electrons. The molecule has 1 saturated heterocycles. The van der Waals surface area contributed by atoms with Gasteiger partial charge in [-0.05, 0) is 50.7 Å². The van der Waals surface area contributed by atoms with E-state index in [4.69, 9.17) is 0 Å². The zero-order valence-corrected chi connectivity index (χ0v) is 12.2. The summed E-state index contributed by atoms with van der Waals surface area (Å²) < 4.78 is 0. The molecular weight excluding hydrogens is 208 g/mol. The van der Waals surface area contributed by atoms with Gasteiger partial charge in [0, 0.05) is 13.1 Å². The number of piperidine rings is 1. The van der Waals surface area contributed by atoms with Crippen molar-refractivity contribution in [2.45, 2.75) is 52.9 Å². The molecule has 0 saturated carbocycles. The third-order valence-electron chi connectivity index (χ3n) is 4.19. The topological polar surface area (TPSA) is 15.3 Å². The van der Waals surface area contributed by atoms with Crippen molar-refractivity contribution in [3.63, 3.8) is 0 Å². The van der Waals surface area contributed by atoms with Crippen molar-refractivity contribution in [1.82, 2.24) is 10.2 Å². The van der Waals surface area contributed by atoms with Gasteiger partial charge in [0.15, 0.2) is 0 Å². The molecule has 1 heterocycles. The molecule has 1 N–H and O–H groups in total. The molecule has 1 rings (SSSR count). The molecule has 0 aromatic heterocycles. The Kier molecular flexibility index (Phi) is 7.87. The number of hydrogen-bond acceptors (Lipinski definition) is 2. The van der Waals surface area contributed by atoms with Gasteiger partial charge in [0.05, 0.1) is 0 Å². The van der Waals surface area contributed by atoms with E-state index in [1.54, 1.807) is 0 Å². The first kappa shape index (κ1) is 15.0. The number of hydrogen-bond donors (Lipinski definition) is 1. The second-order valence-electron chi connectivity index (χ2n) is 5.64. The summed E-state index contributed by atoms with van der Waals surface area (Å²) in [6.07, 6.45) is 6.73. The van der Waals surface area contributed by atoms with Crippen molar-refractivity contribution < 1.29 is 0 Å². The van der Waals surface area contributed by atoms with Crippen LogP contribution in [0.4, 0.5) is 0 Å². The maximum atomic E-state index is 3.46. The van der Waals surface area contributed by atoms with Gasteiger partial charge in [0.25, 0.3) is 0 Å². The summed E-state index contributed by atoms with van der Waals surface area (Å²) in [6.45, 7) is 13.4. The van der Waals surface area contributed by atoms with E-state index in [-0.39, 0.29) is 0 Å². The lowest BCUT2D eigenvalue weighted by molar-refractivity contribution is 0.176. The molecule has 0 radical (unpaired) electrons. The first-order valence-corrected chi connectivity index (χ1v) is 7.73. The average Bonchev–Trinajstić information content (AvgIpc) is 2.37. The quantitative estimate of drug-likeness (QED) is 0.701. The van der Waals surface area contributed by atoms with Gasteiger partial charge in [-0.15, -0.1) is 0 Å². The molecule has 2 nitrogen and oxygen atoms in total. The molecule has 0 amide bonds. The largest absolute Gasteiger partial charge is 0.317 e. The lowest BCUT2D eigenvalue weighted by Crippen LogP contribution is -2.38. The van der Waals surface area contributed by atoms with Crippen LogP contribution in [0.5, 0.6) is 0 Å². The van der Waals surface area contributed by atoms with E-state index >= 15 is 0 Å². The zero-order chi connectivity index (χ0) is 12.5. The standard InChI is InChI=1S/C15H32N2/c1-4-11-17(12-14(5-2)6-3)13-15-7-9-16-10-8-15/h14-16H,4-13H2,1-3H3. The van der Waals surface area contributed by atoms with Crippen LogP contribution < -0.4 is 5.32 Å². The second-order valence-corrected chi connectivity index (χ2v) is 5.64. The highest BCUT2D eigenvalue weighted by Gasteiger charge is 2.18. The summed E-state index contributed by atoms with van der Waals surface area (Å²) in [5.41, 5.74) is 0. The van der Waals surface area contributed by atoms with Gasteiger partial charge in [0.2, 0.25) is 0 Å². The maximum Gasteiger partial charge on any atom is 0.00107 e. The number of rotatable bonds is 8. The molecular formula is C15H32N2. The van der Waals surface area contributed by atoms with E-state index in [2.05, 4.69) is 31.0 Å². The Balaban J connectivity index is 2.35. The van der Waals surface area contributed by atoms with Crippen LogP contribution >= 0.6 is 0 Å². The van der Waals surface area contributed by atoms with Crippen LogP contribution in [0, 0.1) is 11.8 Å². The molecule has 0 unspecified atom stereocenters. The van der Waals surface area contributed by atoms with E-state index < -0.39 is 0 Å². The average molecular weight is 240 g/mol. The minimum Gasteiger partial charge on any atom is -0.317 e. The molecule has 0 bridgehead atoms. The molecule has 0 aliphatic carbocycles. The molecule has 0 spiro atoms. The fourth-order valence-corrected chi connectivity index (χ4v) is 2.91. The summed E-state index contributed by atoms with van der Waals surface area (Å²) in [4.78, 5) is 2.73. The van der Waals surface area contributed by atoms with Gasteiger partial charge < -0.3 is 10.2 Å². The lowest BCUT2D eigenvalue weighted by Gasteiger charge is -2.32. The first-order valence-electron chi connectivity index (χ1n) is 7.73. The summed E-state index contributed by atoms with van der Waals surface area (Å²) in [5.74, 6) is 1.85. The van der Waals surface area contributed by atoms with Crippen molar-refractivity contribution in [2.75, 3.05) is 32.7 Å². The Morgan fingerprint density at radius 3 is 2.29 bits per heavy atom. The third kappa shape index (κ3) is 5.87. The van der Waals surface area contributed by atoms with Crippen molar-refractivity contribution in [3.05, 3.63) is 0 Å². The fourth-order valence-electron chi connectivity index (χ4n) is 2.91. The molecule has 2 heteroatoms. The highest BCUT2D eigenvalue weighted by atomic mass is 15.1. The van der Waals surface area contributed by atoms with Crippen LogP contribution in [0.2, 0.25) is 0 Å². The molecule has 1 fully saturated rings. The summed E-state index contributed by atoms with van der Waals surface area (Å²) >= 11 is 0. The van der Waals surface area contributed by atoms with E-state index in [0.29, 0.717) is 0 Å². The smallest absolute Gasteiger partial charge is 0.00107 e. The Morgan fingerprint density at radius 2 is 1.76 bits per heavy atom. The SMILES string of the molecule is CCCN(CC(CC)CC)CC1CCNCC1. The second kappa shape index (κ2) is 8.93. The van der Waals surface area contributed by atoms with Crippen molar-refractivity contribution >= 4 is 0 Å². The van der Waals surface area contributed by atoms with Crippen LogP contribution in [0.3, 0.4) is 0 Å². The van der Waals surface area contributed by atoms with Gasteiger partial charge in [-0.1, -0.05) is 33.6 Å². The van der Waals surface area contributed by atoms with Crippen molar-refractivity contribution in [2.24, 2.45) is 11.8 Å². The molecule has 17 heavy (non-hydrogen) atoms. The Labute approximate surface area is 108 Å². The van der Waals surface area contributed by atoms with Crippen LogP contribution in [-0.4, -0.2) is 37.6 Å². The fraction of sp³-hybridized carbons (Fsp3) is 1.00. The van der Waals surface area contributed by atoms with Gasteiger partial charge in [0.1, 0.15) is 0 Å². The predicted octanol–water partition coefficient (Wildman–Crippen LogP) is 3.13. The van der Waals surface area contributed by atoms with Gasteiger partial charge in [-0.25, -0.2) is 0 Å². The monoisotopic (exact) mass is 240 g/mol. The number of nitrogens with one attached hydrogen (secondary N) is 1. The minimum absolute atomic E-state index is 0.906. The predicted molar refractivity (Wildman–Crippen MR) is 76.4 cm³/mol. The van der Waals surface area contributed by atoms with Crippen LogP contribution in [0.15, 0.2) is 0 Å². The molecule has 0 atom stereocenters. The maximum absolute atomic E-state index is 3.46. The third-order valence-corrected chi connectivity index (χ3v) is 4.19.